The predicted octanol–water partition coefficient (Wildman–Crippen LogP) is 12.5. The summed E-state index contributed by atoms with van der Waals surface area (Å²) in [5.41, 5.74) is 4.70. The highest BCUT2D eigenvalue weighted by atomic mass is 16.3. The summed E-state index contributed by atoms with van der Waals surface area (Å²) in [6.07, 6.45) is 0. The van der Waals surface area contributed by atoms with E-state index in [4.69, 9.17) is 19.4 Å². The third kappa shape index (κ3) is 4.23. The summed E-state index contributed by atoms with van der Waals surface area (Å²) in [4.78, 5) is 15.8. The number of nitrogens with zero attached hydrogens (tertiary/aromatic N) is 3. The first-order valence-electron chi connectivity index (χ1n) is 17.2. The van der Waals surface area contributed by atoms with E-state index in [2.05, 4.69) is 164 Å². The minimum absolute atomic E-state index is 0.636. The second-order valence-corrected chi connectivity index (χ2v) is 13.1. The summed E-state index contributed by atoms with van der Waals surface area (Å²) in [7, 11) is 0. The number of aromatic nitrogens is 3. The fourth-order valence-corrected chi connectivity index (χ4v) is 7.95. The van der Waals surface area contributed by atoms with Gasteiger partial charge in [-0.05, 0) is 61.3 Å². The maximum absolute atomic E-state index is 6.60. The zero-order valence-electron chi connectivity index (χ0n) is 27.3. The summed E-state index contributed by atoms with van der Waals surface area (Å²) in [6, 6.07) is 57.3. The van der Waals surface area contributed by atoms with E-state index in [1.54, 1.807) is 0 Å². The van der Waals surface area contributed by atoms with Crippen molar-refractivity contribution in [2.75, 3.05) is 0 Å². The van der Waals surface area contributed by atoms with Crippen LogP contribution in [0.5, 0.6) is 0 Å². The van der Waals surface area contributed by atoms with Crippen molar-refractivity contribution in [1.29, 1.82) is 0 Å². The van der Waals surface area contributed by atoms with Crippen LogP contribution >= 0.6 is 0 Å². The molecule has 0 amide bonds. The number of fused-ring (bicyclic) bond motifs is 11. The topological polar surface area (TPSA) is 51.8 Å². The molecule has 236 valence electrons. The molecule has 0 atom stereocenters. The molecule has 0 unspecified atom stereocenters. The van der Waals surface area contributed by atoms with Gasteiger partial charge in [-0.2, -0.15) is 0 Å². The van der Waals surface area contributed by atoms with Crippen LogP contribution in [0.1, 0.15) is 0 Å². The number of hydrogen-bond donors (Lipinski definition) is 0. The molecule has 11 rings (SSSR count). The molecule has 0 saturated heterocycles. The second-order valence-electron chi connectivity index (χ2n) is 13.1. The van der Waals surface area contributed by atoms with Crippen LogP contribution in [0.2, 0.25) is 0 Å². The molecular formula is C47H27N3O. The Bertz CT molecular complexity index is 3110. The monoisotopic (exact) mass is 649 g/mol. The van der Waals surface area contributed by atoms with Crippen LogP contribution in [-0.4, -0.2) is 15.0 Å². The van der Waals surface area contributed by atoms with Crippen molar-refractivity contribution >= 4 is 75.8 Å². The molecule has 2 aromatic heterocycles. The predicted molar refractivity (Wildman–Crippen MR) is 211 cm³/mol. The maximum atomic E-state index is 6.60. The van der Waals surface area contributed by atoms with Crippen LogP contribution in [0.4, 0.5) is 0 Å². The highest BCUT2D eigenvalue weighted by molar-refractivity contribution is 6.30. The third-order valence-electron chi connectivity index (χ3n) is 10.3. The fraction of sp³-hybridized carbons (Fsp3) is 0. The smallest absolute Gasteiger partial charge is 0.164 e. The quantitative estimate of drug-likeness (QED) is 0.179. The van der Waals surface area contributed by atoms with Crippen molar-refractivity contribution in [3.63, 3.8) is 0 Å². The van der Waals surface area contributed by atoms with Crippen molar-refractivity contribution in [2.45, 2.75) is 0 Å². The molecular weight excluding hydrogens is 623 g/mol. The second kappa shape index (κ2) is 10.8. The van der Waals surface area contributed by atoms with Gasteiger partial charge in [-0.15, -0.1) is 0 Å². The maximum Gasteiger partial charge on any atom is 0.164 e. The van der Waals surface area contributed by atoms with Gasteiger partial charge in [0.2, 0.25) is 0 Å². The minimum Gasteiger partial charge on any atom is -0.455 e. The lowest BCUT2D eigenvalue weighted by Crippen LogP contribution is -2.01. The van der Waals surface area contributed by atoms with Crippen molar-refractivity contribution in [2.24, 2.45) is 0 Å². The molecule has 0 aliphatic heterocycles. The van der Waals surface area contributed by atoms with Crippen LogP contribution in [0, 0.1) is 0 Å². The Morgan fingerprint density at radius 3 is 1.45 bits per heavy atom. The van der Waals surface area contributed by atoms with Crippen molar-refractivity contribution in [3.8, 4) is 34.2 Å². The number of furan rings is 1. The first kappa shape index (κ1) is 28.0. The summed E-state index contributed by atoms with van der Waals surface area (Å²) in [6.45, 7) is 0. The lowest BCUT2D eigenvalue weighted by molar-refractivity contribution is 0.673. The van der Waals surface area contributed by atoms with Gasteiger partial charge < -0.3 is 4.42 Å². The van der Waals surface area contributed by atoms with Gasteiger partial charge in [0, 0.05) is 38.2 Å². The lowest BCUT2D eigenvalue weighted by Gasteiger charge is -2.14. The van der Waals surface area contributed by atoms with Crippen LogP contribution in [0.15, 0.2) is 168 Å². The first-order valence-corrected chi connectivity index (χ1v) is 17.2. The molecule has 4 nitrogen and oxygen atoms in total. The van der Waals surface area contributed by atoms with E-state index in [1.165, 1.54) is 10.8 Å². The van der Waals surface area contributed by atoms with E-state index >= 15 is 0 Å². The van der Waals surface area contributed by atoms with Crippen molar-refractivity contribution < 1.29 is 4.42 Å². The molecule has 0 spiro atoms. The van der Waals surface area contributed by atoms with Gasteiger partial charge in [-0.1, -0.05) is 146 Å². The van der Waals surface area contributed by atoms with Crippen molar-refractivity contribution in [1.82, 2.24) is 15.0 Å². The molecule has 0 radical (unpaired) electrons. The molecule has 0 N–H and O–H groups in total. The normalized spacial score (nSPS) is 11.9. The highest BCUT2D eigenvalue weighted by Crippen LogP contribution is 2.43. The van der Waals surface area contributed by atoms with Gasteiger partial charge in [-0.3, -0.25) is 0 Å². The molecule has 0 saturated carbocycles. The number of benzene rings is 9. The standard InChI is InChI=1S/C47H27N3O/c1-4-16-32-28(11-1)14-9-21-37(32)45-48-46(38-22-10-15-29-12-2-5-17-33(29)38)50-47(49-45)40-27-31-24-26-41-43(42(31)36-20-8-7-19-35(36)40)39-25-23-30-13-3-6-18-34(30)44(39)51-41/h1-27H. The number of rotatable bonds is 3. The zero-order chi connectivity index (χ0) is 33.5. The Labute approximate surface area is 292 Å². The highest BCUT2D eigenvalue weighted by Gasteiger charge is 2.20. The Morgan fingerprint density at radius 1 is 0.314 bits per heavy atom. The van der Waals surface area contributed by atoms with Crippen LogP contribution in [0.3, 0.4) is 0 Å². The molecule has 51 heavy (non-hydrogen) atoms. The summed E-state index contributed by atoms with van der Waals surface area (Å²) in [5.74, 6) is 1.93. The summed E-state index contributed by atoms with van der Waals surface area (Å²) < 4.78 is 6.60. The van der Waals surface area contributed by atoms with E-state index in [9.17, 15) is 0 Å². The minimum atomic E-state index is 0.636. The van der Waals surface area contributed by atoms with Gasteiger partial charge in [0.25, 0.3) is 0 Å². The zero-order valence-corrected chi connectivity index (χ0v) is 27.3. The Hall–Kier alpha value is -6.91. The SMILES string of the molecule is c1ccc2c(-c3nc(-c4cccc5ccccc45)nc(-c4cc5ccc6oc7c8ccccc8ccc7c6c5c5ccccc45)n3)cccc2c1. The molecule has 0 bridgehead atoms. The van der Waals surface area contributed by atoms with Gasteiger partial charge in [0.15, 0.2) is 17.5 Å². The Morgan fingerprint density at radius 2 is 0.804 bits per heavy atom. The molecule has 2 heterocycles. The van der Waals surface area contributed by atoms with Crippen LogP contribution in [-0.2, 0) is 0 Å². The average molecular weight is 650 g/mol. The molecule has 0 fully saturated rings. The van der Waals surface area contributed by atoms with E-state index in [1.807, 2.05) is 0 Å². The average Bonchev–Trinajstić information content (AvgIpc) is 3.59. The van der Waals surface area contributed by atoms with Gasteiger partial charge in [0.05, 0.1) is 0 Å². The summed E-state index contributed by atoms with van der Waals surface area (Å²) >= 11 is 0. The lowest BCUT2D eigenvalue weighted by atomic mass is 9.93. The third-order valence-corrected chi connectivity index (χ3v) is 10.3. The van der Waals surface area contributed by atoms with E-state index < -0.39 is 0 Å². The van der Waals surface area contributed by atoms with E-state index in [0.29, 0.717) is 17.5 Å². The first-order chi connectivity index (χ1) is 25.3. The Balaban J connectivity index is 1.23. The fourth-order valence-electron chi connectivity index (χ4n) is 7.95. The van der Waals surface area contributed by atoms with Crippen LogP contribution < -0.4 is 0 Å². The van der Waals surface area contributed by atoms with E-state index in [0.717, 1.165) is 81.7 Å². The number of hydrogen-bond acceptors (Lipinski definition) is 4. The van der Waals surface area contributed by atoms with Crippen molar-refractivity contribution in [3.05, 3.63) is 164 Å². The molecule has 0 aliphatic carbocycles. The largest absolute Gasteiger partial charge is 0.455 e. The molecule has 0 aliphatic rings. The van der Waals surface area contributed by atoms with Crippen LogP contribution in [0.25, 0.3) is 110 Å². The van der Waals surface area contributed by atoms with Gasteiger partial charge in [-0.25, -0.2) is 15.0 Å². The summed E-state index contributed by atoms with van der Waals surface area (Å²) in [5, 5.41) is 13.5. The Kier molecular flexibility index (Phi) is 5.92. The van der Waals surface area contributed by atoms with Gasteiger partial charge in [0.1, 0.15) is 11.2 Å². The molecule has 9 aromatic carbocycles. The molecule has 4 heteroatoms. The van der Waals surface area contributed by atoms with Gasteiger partial charge >= 0.3 is 0 Å². The molecule has 11 aromatic rings. The van der Waals surface area contributed by atoms with E-state index in [-0.39, 0.29) is 0 Å².